The number of likely N-dealkylation sites (tertiary alicyclic amines) is 1. The zero-order valence-corrected chi connectivity index (χ0v) is 11.2. The van der Waals surface area contributed by atoms with Crippen LogP contribution in [0.5, 0.6) is 0 Å². The molecule has 20 heavy (non-hydrogen) atoms. The Morgan fingerprint density at radius 1 is 1.30 bits per heavy atom. The Morgan fingerprint density at radius 3 is 2.40 bits per heavy atom. The topological polar surface area (TPSA) is 62.4 Å². The highest BCUT2D eigenvalue weighted by Gasteiger charge is 2.44. The molecule has 2 rings (SSSR count). The number of aromatic nitrogens is 2. The molecule has 1 atom stereocenters. The summed E-state index contributed by atoms with van der Waals surface area (Å²) in [5.74, 6) is 0.319. The van der Waals surface area contributed by atoms with Crippen LogP contribution in [0.4, 0.5) is 13.2 Å². The predicted octanol–water partition coefficient (Wildman–Crippen LogP) is 1.77. The van der Waals surface area contributed by atoms with Crippen molar-refractivity contribution in [2.24, 2.45) is 5.92 Å². The van der Waals surface area contributed by atoms with E-state index in [1.165, 1.54) is 0 Å². The predicted molar refractivity (Wildman–Crippen MR) is 63.7 cm³/mol. The summed E-state index contributed by atoms with van der Waals surface area (Å²) < 4.78 is 42.6. The van der Waals surface area contributed by atoms with Gasteiger partial charge in [0, 0.05) is 6.42 Å². The minimum absolute atomic E-state index is 0.315. The van der Waals surface area contributed by atoms with Crippen molar-refractivity contribution in [3.63, 3.8) is 0 Å². The molecule has 0 spiro atoms. The third-order valence-electron chi connectivity index (χ3n) is 3.58. The highest BCUT2D eigenvalue weighted by Crippen LogP contribution is 2.31. The Bertz CT molecular complexity index is 428. The average molecular weight is 293 g/mol. The van der Waals surface area contributed by atoms with Crippen molar-refractivity contribution in [2.45, 2.75) is 45.0 Å². The maximum absolute atomic E-state index is 12.4. The van der Waals surface area contributed by atoms with Crippen LogP contribution in [0.1, 0.15) is 31.5 Å². The molecule has 114 valence electrons. The summed E-state index contributed by atoms with van der Waals surface area (Å²) in [5.41, 5.74) is 0. The van der Waals surface area contributed by atoms with Gasteiger partial charge in [-0.1, -0.05) is 6.92 Å². The van der Waals surface area contributed by atoms with Crippen LogP contribution in [0.3, 0.4) is 0 Å². The second-order valence-corrected chi connectivity index (χ2v) is 5.04. The fourth-order valence-electron chi connectivity index (χ4n) is 2.38. The molecule has 1 N–H and O–H groups in total. The minimum Gasteiger partial charge on any atom is -0.424 e. The van der Waals surface area contributed by atoms with Gasteiger partial charge in [-0.2, -0.15) is 13.2 Å². The molecule has 1 aliphatic rings. The molecule has 1 fully saturated rings. The van der Waals surface area contributed by atoms with Crippen LogP contribution in [-0.4, -0.2) is 45.6 Å². The molecule has 0 bridgehead atoms. The lowest BCUT2D eigenvalue weighted by Crippen LogP contribution is -2.43. The van der Waals surface area contributed by atoms with Gasteiger partial charge < -0.3 is 9.52 Å². The number of nitrogens with zero attached hydrogens (tertiary/aromatic N) is 3. The monoisotopic (exact) mass is 293 g/mol. The Kier molecular flexibility index (Phi) is 4.64. The smallest absolute Gasteiger partial charge is 0.414 e. The Balaban J connectivity index is 1.82. The van der Waals surface area contributed by atoms with Gasteiger partial charge in [0.05, 0.1) is 6.54 Å². The van der Waals surface area contributed by atoms with E-state index < -0.39 is 18.2 Å². The standard InChI is InChI=1S/C12H18F3N3O2/c1-2-9-16-17-10(20-9)7-18-5-3-8(4-6-18)11(19)12(13,14)15/h8,11,19H,2-7H2,1H3. The second-order valence-electron chi connectivity index (χ2n) is 5.04. The van der Waals surface area contributed by atoms with E-state index in [-0.39, 0.29) is 0 Å². The van der Waals surface area contributed by atoms with Crippen LogP contribution in [0, 0.1) is 5.92 Å². The van der Waals surface area contributed by atoms with Gasteiger partial charge in [-0.25, -0.2) is 0 Å². The van der Waals surface area contributed by atoms with Crippen molar-refractivity contribution in [3.8, 4) is 0 Å². The largest absolute Gasteiger partial charge is 0.424 e. The maximum atomic E-state index is 12.4. The van der Waals surface area contributed by atoms with Gasteiger partial charge in [-0.05, 0) is 31.8 Å². The van der Waals surface area contributed by atoms with Crippen LogP contribution in [0.2, 0.25) is 0 Å². The number of rotatable bonds is 4. The van der Waals surface area contributed by atoms with Gasteiger partial charge >= 0.3 is 6.18 Å². The summed E-state index contributed by atoms with van der Waals surface area (Å²) in [5, 5.41) is 17.0. The van der Waals surface area contributed by atoms with E-state index >= 15 is 0 Å². The molecule has 1 aromatic rings. The Labute approximate surface area is 114 Å². The minimum atomic E-state index is -4.53. The second kappa shape index (κ2) is 6.09. The number of aryl methyl sites for hydroxylation is 1. The lowest BCUT2D eigenvalue weighted by Gasteiger charge is -2.33. The number of halogens is 3. The maximum Gasteiger partial charge on any atom is 0.414 e. The van der Waals surface area contributed by atoms with Crippen molar-refractivity contribution < 1.29 is 22.7 Å². The quantitative estimate of drug-likeness (QED) is 0.916. The van der Waals surface area contributed by atoms with Crippen molar-refractivity contribution in [2.75, 3.05) is 13.1 Å². The van der Waals surface area contributed by atoms with E-state index in [2.05, 4.69) is 10.2 Å². The van der Waals surface area contributed by atoms with Gasteiger partial charge in [0.15, 0.2) is 6.10 Å². The highest BCUT2D eigenvalue weighted by molar-refractivity contribution is 4.85. The van der Waals surface area contributed by atoms with E-state index in [4.69, 9.17) is 4.42 Å². The van der Waals surface area contributed by atoms with E-state index in [0.717, 1.165) is 0 Å². The van der Waals surface area contributed by atoms with E-state index in [9.17, 15) is 18.3 Å². The number of aliphatic hydroxyl groups is 1. The van der Waals surface area contributed by atoms with Crippen molar-refractivity contribution in [3.05, 3.63) is 11.8 Å². The van der Waals surface area contributed by atoms with Crippen molar-refractivity contribution in [1.82, 2.24) is 15.1 Å². The molecule has 1 saturated heterocycles. The first-order valence-electron chi connectivity index (χ1n) is 6.68. The van der Waals surface area contributed by atoms with Crippen LogP contribution in [0.25, 0.3) is 0 Å². The molecule has 8 heteroatoms. The Morgan fingerprint density at radius 2 is 1.90 bits per heavy atom. The van der Waals surface area contributed by atoms with Gasteiger partial charge in [0.1, 0.15) is 0 Å². The van der Waals surface area contributed by atoms with Gasteiger partial charge in [0.25, 0.3) is 0 Å². The number of aliphatic hydroxyl groups excluding tert-OH is 1. The van der Waals surface area contributed by atoms with Crippen LogP contribution >= 0.6 is 0 Å². The molecular formula is C12H18F3N3O2. The number of hydrogen-bond acceptors (Lipinski definition) is 5. The molecule has 0 radical (unpaired) electrons. The zero-order chi connectivity index (χ0) is 14.8. The summed E-state index contributed by atoms with van der Waals surface area (Å²) in [6.07, 6.45) is -5.47. The molecule has 5 nitrogen and oxygen atoms in total. The number of hydrogen-bond donors (Lipinski definition) is 1. The number of piperidine rings is 1. The Hall–Kier alpha value is -1.15. The average Bonchev–Trinajstić information content (AvgIpc) is 2.85. The van der Waals surface area contributed by atoms with E-state index in [0.29, 0.717) is 50.7 Å². The molecule has 1 unspecified atom stereocenters. The fourth-order valence-corrected chi connectivity index (χ4v) is 2.38. The molecule has 0 saturated carbocycles. The lowest BCUT2D eigenvalue weighted by atomic mass is 9.91. The number of alkyl halides is 3. The highest BCUT2D eigenvalue weighted by atomic mass is 19.4. The SMILES string of the molecule is CCc1nnc(CN2CCC(C(O)C(F)(F)F)CC2)o1. The van der Waals surface area contributed by atoms with E-state index in [1.807, 2.05) is 11.8 Å². The normalized spacial score (nSPS) is 20.2. The van der Waals surface area contributed by atoms with Crippen LogP contribution in [-0.2, 0) is 13.0 Å². The summed E-state index contributed by atoms with van der Waals surface area (Å²) in [4.78, 5) is 1.96. The van der Waals surface area contributed by atoms with Crippen molar-refractivity contribution >= 4 is 0 Å². The molecular weight excluding hydrogens is 275 g/mol. The van der Waals surface area contributed by atoms with Gasteiger partial charge in [0.2, 0.25) is 11.8 Å². The molecule has 1 aliphatic heterocycles. The summed E-state index contributed by atoms with van der Waals surface area (Å²) in [7, 11) is 0. The zero-order valence-electron chi connectivity index (χ0n) is 11.2. The summed E-state index contributed by atoms with van der Waals surface area (Å²) in [6, 6.07) is 0. The first-order chi connectivity index (χ1) is 9.40. The first-order valence-corrected chi connectivity index (χ1v) is 6.68. The van der Waals surface area contributed by atoms with Crippen molar-refractivity contribution in [1.29, 1.82) is 0 Å². The summed E-state index contributed by atoms with van der Waals surface area (Å²) >= 11 is 0. The van der Waals surface area contributed by atoms with E-state index in [1.54, 1.807) is 0 Å². The molecule has 0 aromatic carbocycles. The first kappa shape index (κ1) is 15.2. The van der Waals surface area contributed by atoms with Gasteiger partial charge in [-0.3, -0.25) is 4.90 Å². The third kappa shape index (κ3) is 3.69. The molecule has 0 amide bonds. The lowest BCUT2D eigenvalue weighted by molar-refractivity contribution is -0.223. The summed E-state index contributed by atoms with van der Waals surface area (Å²) in [6.45, 7) is 3.33. The molecule has 0 aliphatic carbocycles. The fraction of sp³-hybridized carbons (Fsp3) is 0.833. The molecule has 2 heterocycles. The van der Waals surface area contributed by atoms with Crippen LogP contribution in [0.15, 0.2) is 4.42 Å². The van der Waals surface area contributed by atoms with Crippen LogP contribution < -0.4 is 0 Å². The third-order valence-corrected chi connectivity index (χ3v) is 3.58. The molecule has 1 aromatic heterocycles. The van der Waals surface area contributed by atoms with Gasteiger partial charge in [-0.15, -0.1) is 10.2 Å².